The highest BCUT2D eigenvalue weighted by molar-refractivity contribution is 5.94. The van der Waals surface area contributed by atoms with Crippen LogP contribution in [0.3, 0.4) is 0 Å². The van der Waals surface area contributed by atoms with Gasteiger partial charge in [0.1, 0.15) is 11.8 Å². The number of aromatic nitrogens is 3. The lowest BCUT2D eigenvalue weighted by Crippen LogP contribution is -2.44. The van der Waals surface area contributed by atoms with Gasteiger partial charge in [0, 0.05) is 25.1 Å². The molecule has 1 fully saturated rings. The van der Waals surface area contributed by atoms with Crippen molar-refractivity contribution in [1.82, 2.24) is 19.9 Å². The van der Waals surface area contributed by atoms with Crippen LogP contribution < -0.4 is 4.74 Å². The normalized spacial score (nSPS) is 17.6. The number of likely N-dealkylation sites (tertiary alicyclic amines) is 1. The standard InChI is InChI=1S/C18H19F3N4O2/c1-2-12-8-23-17(24-9-12)27-14-4-3-7-25(11-14)16(26)13-5-6-15(22-10-13)18(19,20)21/h5-6,8-10,14H,2-4,7,11H2,1H3. The average molecular weight is 380 g/mol. The van der Waals surface area contributed by atoms with E-state index in [-0.39, 0.29) is 23.6 Å². The van der Waals surface area contributed by atoms with Gasteiger partial charge in [-0.2, -0.15) is 13.2 Å². The highest BCUT2D eigenvalue weighted by Crippen LogP contribution is 2.27. The van der Waals surface area contributed by atoms with Gasteiger partial charge in [0.25, 0.3) is 5.91 Å². The molecule has 1 unspecified atom stereocenters. The van der Waals surface area contributed by atoms with E-state index >= 15 is 0 Å². The Morgan fingerprint density at radius 3 is 2.56 bits per heavy atom. The van der Waals surface area contributed by atoms with Crippen LogP contribution in [0.25, 0.3) is 0 Å². The molecule has 6 nitrogen and oxygen atoms in total. The van der Waals surface area contributed by atoms with Crippen molar-refractivity contribution in [3.63, 3.8) is 0 Å². The number of carbonyl (C=O) groups excluding carboxylic acids is 1. The van der Waals surface area contributed by atoms with E-state index in [1.54, 1.807) is 17.3 Å². The third-order valence-electron chi connectivity index (χ3n) is 4.33. The van der Waals surface area contributed by atoms with Crippen molar-refractivity contribution in [2.24, 2.45) is 0 Å². The van der Waals surface area contributed by atoms with Gasteiger partial charge >= 0.3 is 12.2 Å². The van der Waals surface area contributed by atoms with Crippen LogP contribution in [0.5, 0.6) is 6.01 Å². The molecular weight excluding hydrogens is 361 g/mol. The summed E-state index contributed by atoms with van der Waals surface area (Å²) in [6, 6.07) is 2.21. The van der Waals surface area contributed by atoms with Crippen molar-refractivity contribution in [2.75, 3.05) is 13.1 Å². The summed E-state index contributed by atoms with van der Waals surface area (Å²) in [5, 5.41) is 0. The van der Waals surface area contributed by atoms with E-state index in [0.717, 1.165) is 43.2 Å². The summed E-state index contributed by atoms with van der Waals surface area (Å²) in [5.74, 6) is -0.369. The molecule has 9 heteroatoms. The Bertz CT molecular complexity index is 779. The predicted molar refractivity (Wildman–Crippen MR) is 90.2 cm³/mol. The van der Waals surface area contributed by atoms with E-state index in [2.05, 4.69) is 15.0 Å². The Labute approximate surface area is 154 Å². The summed E-state index contributed by atoms with van der Waals surface area (Å²) in [7, 11) is 0. The van der Waals surface area contributed by atoms with E-state index in [0.29, 0.717) is 13.1 Å². The van der Waals surface area contributed by atoms with Crippen molar-refractivity contribution < 1.29 is 22.7 Å². The van der Waals surface area contributed by atoms with Crippen molar-refractivity contribution in [3.05, 3.63) is 47.5 Å². The van der Waals surface area contributed by atoms with Crippen LogP contribution in [-0.2, 0) is 12.6 Å². The van der Waals surface area contributed by atoms with Crippen molar-refractivity contribution in [3.8, 4) is 6.01 Å². The van der Waals surface area contributed by atoms with Gasteiger partial charge in [0.2, 0.25) is 0 Å². The molecule has 27 heavy (non-hydrogen) atoms. The molecule has 0 aliphatic carbocycles. The summed E-state index contributed by atoms with van der Waals surface area (Å²) in [6.07, 6.45) is 1.85. The third kappa shape index (κ3) is 4.72. The highest BCUT2D eigenvalue weighted by Gasteiger charge is 2.33. The summed E-state index contributed by atoms with van der Waals surface area (Å²) >= 11 is 0. The number of ether oxygens (including phenoxy) is 1. The second kappa shape index (κ2) is 7.89. The molecule has 1 atom stereocenters. The van der Waals surface area contributed by atoms with Crippen LogP contribution >= 0.6 is 0 Å². The number of rotatable bonds is 4. The van der Waals surface area contributed by atoms with E-state index in [4.69, 9.17) is 4.74 Å². The number of nitrogens with zero attached hydrogens (tertiary/aromatic N) is 4. The molecule has 0 bridgehead atoms. The Hall–Kier alpha value is -2.71. The first-order valence-electron chi connectivity index (χ1n) is 8.67. The largest absolute Gasteiger partial charge is 0.458 e. The van der Waals surface area contributed by atoms with Crippen LogP contribution in [0.4, 0.5) is 13.2 Å². The van der Waals surface area contributed by atoms with E-state index in [1.807, 2.05) is 6.92 Å². The van der Waals surface area contributed by atoms with Crippen LogP contribution in [0, 0.1) is 0 Å². The maximum Gasteiger partial charge on any atom is 0.433 e. The van der Waals surface area contributed by atoms with Gasteiger partial charge in [-0.05, 0) is 37.0 Å². The zero-order valence-corrected chi connectivity index (χ0v) is 14.7. The van der Waals surface area contributed by atoms with Crippen molar-refractivity contribution in [2.45, 2.75) is 38.5 Å². The second-order valence-corrected chi connectivity index (χ2v) is 6.29. The smallest absolute Gasteiger partial charge is 0.433 e. The van der Waals surface area contributed by atoms with Gasteiger partial charge in [-0.25, -0.2) is 9.97 Å². The lowest BCUT2D eigenvalue weighted by atomic mass is 10.1. The van der Waals surface area contributed by atoms with E-state index < -0.39 is 11.9 Å². The number of halogens is 3. The van der Waals surface area contributed by atoms with Crippen molar-refractivity contribution >= 4 is 5.91 Å². The molecular formula is C18H19F3N4O2. The number of hydrogen-bond donors (Lipinski definition) is 0. The molecule has 1 saturated heterocycles. The van der Waals surface area contributed by atoms with Gasteiger partial charge in [0.15, 0.2) is 0 Å². The lowest BCUT2D eigenvalue weighted by molar-refractivity contribution is -0.141. The summed E-state index contributed by atoms with van der Waals surface area (Å²) in [4.78, 5) is 25.8. The number of pyridine rings is 1. The zero-order chi connectivity index (χ0) is 19.4. The van der Waals surface area contributed by atoms with Gasteiger partial charge < -0.3 is 9.64 Å². The minimum Gasteiger partial charge on any atom is -0.458 e. The number of amides is 1. The number of piperidine rings is 1. The zero-order valence-electron chi connectivity index (χ0n) is 14.7. The molecule has 1 amide bonds. The molecule has 2 aromatic heterocycles. The predicted octanol–water partition coefficient (Wildman–Crippen LogP) is 3.14. The summed E-state index contributed by atoms with van der Waals surface area (Å²) < 4.78 is 43.5. The molecule has 0 aromatic carbocycles. The Balaban J connectivity index is 1.63. The topological polar surface area (TPSA) is 68.2 Å². The monoisotopic (exact) mass is 380 g/mol. The van der Waals surface area contributed by atoms with Gasteiger partial charge in [0.05, 0.1) is 12.1 Å². The first kappa shape index (κ1) is 19.1. The minimum atomic E-state index is -4.53. The lowest BCUT2D eigenvalue weighted by Gasteiger charge is -2.32. The Kier molecular flexibility index (Phi) is 5.57. The quantitative estimate of drug-likeness (QED) is 0.815. The number of alkyl halides is 3. The SMILES string of the molecule is CCc1cnc(OC2CCCN(C(=O)c3ccc(C(F)(F)F)nc3)C2)nc1. The average Bonchev–Trinajstić information content (AvgIpc) is 2.68. The van der Waals surface area contributed by atoms with Gasteiger partial charge in [-0.15, -0.1) is 0 Å². The molecule has 144 valence electrons. The maximum atomic E-state index is 12.6. The fourth-order valence-electron chi connectivity index (χ4n) is 2.82. The Morgan fingerprint density at radius 2 is 1.96 bits per heavy atom. The number of carbonyl (C=O) groups is 1. The van der Waals surface area contributed by atoms with Crippen LogP contribution in [0.1, 0.15) is 41.4 Å². The summed E-state index contributed by atoms with van der Waals surface area (Å²) in [5.41, 5.74) is 0.0939. The maximum absolute atomic E-state index is 12.6. The van der Waals surface area contributed by atoms with Gasteiger partial charge in [-0.1, -0.05) is 6.92 Å². The van der Waals surface area contributed by atoms with Crippen LogP contribution in [-0.4, -0.2) is 45.0 Å². The Morgan fingerprint density at radius 1 is 1.22 bits per heavy atom. The minimum absolute atomic E-state index is 0.118. The molecule has 0 N–H and O–H groups in total. The molecule has 3 heterocycles. The third-order valence-corrected chi connectivity index (χ3v) is 4.33. The fourth-order valence-corrected chi connectivity index (χ4v) is 2.82. The molecule has 2 aromatic rings. The first-order chi connectivity index (χ1) is 12.9. The van der Waals surface area contributed by atoms with E-state index in [9.17, 15) is 18.0 Å². The van der Waals surface area contributed by atoms with Crippen LogP contribution in [0.15, 0.2) is 30.7 Å². The molecule has 1 aliphatic heterocycles. The first-order valence-corrected chi connectivity index (χ1v) is 8.67. The molecule has 0 saturated carbocycles. The second-order valence-electron chi connectivity index (χ2n) is 6.29. The van der Waals surface area contributed by atoms with E-state index in [1.165, 1.54) is 0 Å². The molecule has 1 aliphatic rings. The van der Waals surface area contributed by atoms with Crippen LogP contribution in [0.2, 0.25) is 0 Å². The summed E-state index contributed by atoms with van der Waals surface area (Å²) in [6.45, 7) is 2.83. The van der Waals surface area contributed by atoms with Crippen molar-refractivity contribution in [1.29, 1.82) is 0 Å². The number of hydrogen-bond acceptors (Lipinski definition) is 5. The molecule has 3 rings (SSSR count). The highest BCUT2D eigenvalue weighted by atomic mass is 19.4. The fraction of sp³-hybridized carbons (Fsp3) is 0.444. The molecule has 0 spiro atoms. The molecule has 0 radical (unpaired) electrons. The van der Waals surface area contributed by atoms with Gasteiger partial charge in [-0.3, -0.25) is 9.78 Å². The number of aryl methyl sites for hydroxylation is 1.